The standard InChI is InChI=1S/C13H17Br2N3O/c1-13(2,3)18-10(19)5-9(16)12(18)11-8(15)4-7(14)6-17-11/h4,6,9,12H,5,16H2,1-3H3. The fraction of sp³-hybridized carbons (Fsp3) is 0.538. The van der Waals surface area contributed by atoms with Gasteiger partial charge in [-0.1, -0.05) is 0 Å². The van der Waals surface area contributed by atoms with Crippen molar-refractivity contribution in [1.82, 2.24) is 9.88 Å². The highest BCUT2D eigenvalue weighted by atomic mass is 79.9. The maximum Gasteiger partial charge on any atom is 0.225 e. The minimum absolute atomic E-state index is 0.0848. The van der Waals surface area contributed by atoms with E-state index in [2.05, 4.69) is 36.8 Å². The van der Waals surface area contributed by atoms with Gasteiger partial charge in [0.25, 0.3) is 0 Å². The average Bonchev–Trinajstić information content (AvgIpc) is 2.53. The number of aromatic nitrogens is 1. The molecule has 2 unspecified atom stereocenters. The lowest BCUT2D eigenvalue weighted by Gasteiger charge is -2.38. The minimum atomic E-state index is -0.274. The van der Waals surface area contributed by atoms with Crippen molar-refractivity contribution in [1.29, 1.82) is 0 Å². The van der Waals surface area contributed by atoms with Crippen molar-refractivity contribution >= 4 is 37.8 Å². The first kappa shape index (κ1) is 14.9. The third-order valence-corrected chi connectivity index (χ3v) is 4.27. The van der Waals surface area contributed by atoms with Crippen LogP contribution in [0.15, 0.2) is 21.2 Å². The first-order valence-electron chi connectivity index (χ1n) is 6.10. The first-order chi connectivity index (χ1) is 8.71. The van der Waals surface area contributed by atoms with E-state index in [4.69, 9.17) is 5.73 Å². The van der Waals surface area contributed by atoms with Gasteiger partial charge < -0.3 is 10.6 Å². The van der Waals surface area contributed by atoms with Gasteiger partial charge in [0.05, 0.1) is 11.7 Å². The number of amides is 1. The van der Waals surface area contributed by atoms with Crippen LogP contribution in [-0.2, 0) is 4.79 Å². The lowest BCUT2D eigenvalue weighted by Crippen LogP contribution is -2.45. The second-order valence-corrected chi connectivity index (χ2v) is 7.54. The molecule has 1 saturated heterocycles. The van der Waals surface area contributed by atoms with Crippen molar-refractivity contribution in [3.05, 3.63) is 26.9 Å². The van der Waals surface area contributed by atoms with Crippen molar-refractivity contribution in [2.24, 2.45) is 5.73 Å². The molecule has 0 bridgehead atoms. The number of hydrogen-bond donors (Lipinski definition) is 1. The smallest absolute Gasteiger partial charge is 0.225 e. The van der Waals surface area contributed by atoms with E-state index < -0.39 is 0 Å². The number of likely N-dealkylation sites (tertiary alicyclic amines) is 1. The zero-order chi connectivity index (χ0) is 14.4. The van der Waals surface area contributed by atoms with E-state index in [-0.39, 0.29) is 23.5 Å². The molecule has 2 heterocycles. The van der Waals surface area contributed by atoms with Crippen LogP contribution in [0.3, 0.4) is 0 Å². The van der Waals surface area contributed by atoms with E-state index in [1.807, 2.05) is 31.7 Å². The zero-order valence-electron chi connectivity index (χ0n) is 11.2. The molecule has 1 aromatic rings. The molecule has 1 amide bonds. The monoisotopic (exact) mass is 389 g/mol. The Hall–Kier alpha value is -0.460. The summed E-state index contributed by atoms with van der Waals surface area (Å²) in [6.45, 7) is 6.05. The molecule has 1 aliphatic heterocycles. The van der Waals surface area contributed by atoms with Crippen LogP contribution in [0.4, 0.5) is 0 Å². The molecule has 1 fully saturated rings. The molecule has 0 radical (unpaired) electrons. The number of pyridine rings is 1. The Morgan fingerprint density at radius 1 is 1.42 bits per heavy atom. The maximum atomic E-state index is 12.2. The molecule has 0 aliphatic carbocycles. The Morgan fingerprint density at radius 3 is 2.58 bits per heavy atom. The normalized spacial score (nSPS) is 24.1. The quantitative estimate of drug-likeness (QED) is 0.801. The Bertz CT molecular complexity index is 513. The molecule has 6 heteroatoms. The van der Waals surface area contributed by atoms with Gasteiger partial charge in [0.2, 0.25) is 5.91 Å². The number of nitrogens with zero attached hydrogens (tertiary/aromatic N) is 2. The van der Waals surface area contributed by atoms with Gasteiger partial charge in [0.15, 0.2) is 0 Å². The summed E-state index contributed by atoms with van der Waals surface area (Å²) < 4.78 is 1.76. The Labute approximate surface area is 130 Å². The van der Waals surface area contributed by atoms with Crippen molar-refractivity contribution in [3.8, 4) is 0 Å². The summed E-state index contributed by atoms with van der Waals surface area (Å²) in [5, 5.41) is 0. The van der Waals surface area contributed by atoms with Crippen LogP contribution in [-0.4, -0.2) is 27.4 Å². The van der Waals surface area contributed by atoms with E-state index in [9.17, 15) is 4.79 Å². The molecule has 0 spiro atoms. The maximum absolute atomic E-state index is 12.2. The van der Waals surface area contributed by atoms with Crippen LogP contribution in [0.1, 0.15) is 38.9 Å². The van der Waals surface area contributed by atoms with Gasteiger partial charge in [-0.3, -0.25) is 9.78 Å². The minimum Gasteiger partial charge on any atom is -0.328 e. The molecule has 0 saturated carbocycles. The van der Waals surface area contributed by atoms with Crippen molar-refractivity contribution in [2.45, 2.75) is 44.8 Å². The Kier molecular flexibility index (Phi) is 4.05. The summed E-state index contributed by atoms with van der Waals surface area (Å²) in [5.41, 5.74) is 6.70. The number of hydrogen-bond acceptors (Lipinski definition) is 3. The highest BCUT2D eigenvalue weighted by molar-refractivity contribution is 9.11. The predicted molar refractivity (Wildman–Crippen MR) is 81.6 cm³/mol. The molecule has 0 aromatic carbocycles. The highest BCUT2D eigenvalue weighted by Gasteiger charge is 2.45. The molecule has 104 valence electrons. The summed E-state index contributed by atoms with van der Waals surface area (Å²) in [5.74, 6) is 0.0848. The number of carbonyl (C=O) groups is 1. The van der Waals surface area contributed by atoms with Crippen LogP contribution in [0, 0.1) is 0 Å². The Balaban J connectivity index is 2.48. The molecule has 2 atom stereocenters. The lowest BCUT2D eigenvalue weighted by atomic mass is 10.0. The summed E-state index contributed by atoms with van der Waals surface area (Å²) in [7, 11) is 0. The SMILES string of the molecule is CC(C)(C)N1C(=O)CC(N)C1c1ncc(Br)cc1Br. The van der Waals surface area contributed by atoms with Gasteiger partial charge in [0.1, 0.15) is 0 Å². The van der Waals surface area contributed by atoms with E-state index in [1.165, 1.54) is 0 Å². The number of rotatable bonds is 1. The molecule has 19 heavy (non-hydrogen) atoms. The topological polar surface area (TPSA) is 59.2 Å². The van der Waals surface area contributed by atoms with Crippen molar-refractivity contribution in [2.75, 3.05) is 0 Å². The van der Waals surface area contributed by atoms with Gasteiger partial charge in [-0.05, 0) is 58.7 Å². The highest BCUT2D eigenvalue weighted by Crippen LogP contribution is 2.39. The van der Waals surface area contributed by atoms with Crippen LogP contribution in [0.25, 0.3) is 0 Å². The first-order valence-corrected chi connectivity index (χ1v) is 7.69. The molecule has 1 aliphatic rings. The van der Waals surface area contributed by atoms with Gasteiger partial charge in [-0.25, -0.2) is 0 Å². The van der Waals surface area contributed by atoms with E-state index in [0.29, 0.717) is 6.42 Å². The van der Waals surface area contributed by atoms with Crippen LogP contribution in [0.5, 0.6) is 0 Å². The molecule has 2 N–H and O–H groups in total. The molecular formula is C13H17Br2N3O. The average molecular weight is 391 g/mol. The molecule has 4 nitrogen and oxygen atoms in total. The van der Waals surface area contributed by atoms with Gasteiger partial charge in [0, 0.05) is 33.1 Å². The largest absolute Gasteiger partial charge is 0.328 e. The summed E-state index contributed by atoms with van der Waals surface area (Å²) >= 11 is 6.89. The van der Waals surface area contributed by atoms with E-state index in [0.717, 1.165) is 14.6 Å². The van der Waals surface area contributed by atoms with E-state index >= 15 is 0 Å². The van der Waals surface area contributed by atoms with E-state index in [1.54, 1.807) is 6.20 Å². The molecule has 1 aromatic heterocycles. The van der Waals surface area contributed by atoms with Crippen LogP contribution in [0.2, 0.25) is 0 Å². The zero-order valence-corrected chi connectivity index (χ0v) is 14.3. The predicted octanol–water partition coefficient (Wildman–Crippen LogP) is 3.01. The lowest BCUT2D eigenvalue weighted by molar-refractivity contribution is -0.133. The second-order valence-electron chi connectivity index (χ2n) is 5.77. The van der Waals surface area contributed by atoms with Gasteiger partial charge in [-0.15, -0.1) is 0 Å². The molecule has 2 rings (SSSR count). The number of carbonyl (C=O) groups excluding carboxylic acids is 1. The third-order valence-electron chi connectivity index (χ3n) is 3.20. The fourth-order valence-corrected chi connectivity index (χ4v) is 3.74. The number of halogens is 2. The van der Waals surface area contributed by atoms with Gasteiger partial charge >= 0.3 is 0 Å². The summed E-state index contributed by atoms with van der Waals surface area (Å²) in [4.78, 5) is 18.5. The van der Waals surface area contributed by atoms with Crippen molar-refractivity contribution < 1.29 is 4.79 Å². The summed E-state index contributed by atoms with van der Waals surface area (Å²) in [6.07, 6.45) is 2.10. The van der Waals surface area contributed by atoms with Crippen LogP contribution < -0.4 is 5.73 Å². The number of nitrogens with two attached hydrogens (primary N) is 1. The summed E-state index contributed by atoms with van der Waals surface area (Å²) in [6, 6.07) is 1.52. The fourth-order valence-electron chi connectivity index (χ4n) is 2.52. The van der Waals surface area contributed by atoms with Crippen LogP contribution >= 0.6 is 31.9 Å². The second kappa shape index (κ2) is 5.14. The Morgan fingerprint density at radius 2 is 2.05 bits per heavy atom. The third kappa shape index (κ3) is 2.85. The van der Waals surface area contributed by atoms with Crippen molar-refractivity contribution in [3.63, 3.8) is 0 Å². The molecular weight excluding hydrogens is 374 g/mol. The van der Waals surface area contributed by atoms with Gasteiger partial charge in [-0.2, -0.15) is 0 Å².